The number of hydrogen-bond acceptors (Lipinski definition) is 2. The fourth-order valence-corrected chi connectivity index (χ4v) is 0.826. The highest BCUT2D eigenvalue weighted by Crippen LogP contribution is 2.11. The van der Waals surface area contributed by atoms with Crippen LogP contribution in [0.3, 0.4) is 0 Å². The molecule has 0 unspecified atom stereocenters. The van der Waals surface area contributed by atoms with Crippen molar-refractivity contribution in [3.8, 4) is 5.75 Å². The molecule has 0 spiro atoms. The summed E-state index contributed by atoms with van der Waals surface area (Å²) in [6.45, 7) is 8.04. The standard InChI is InChI=1S/C9H10O2.C4H10/c1-7(10)8-3-5-9(11-2)6-4-8;1-4(2)3/h3-6H,1-2H3;4H,1-3H3. The second kappa shape index (κ2) is 7.04. The fraction of sp³-hybridized carbons (Fsp3) is 0.462. The molecule has 84 valence electrons. The van der Waals surface area contributed by atoms with Crippen molar-refractivity contribution >= 4 is 5.78 Å². The predicted octanol–water partition coefficient (Wildman–Crippen LogP) is 3.56. The van der Waals surface area contributed by atoms with Crippen molar-refractivity contribution in [1.82, 2.24) is 0 Å². The van der Waals surface area contributed by atoms with Gasteiger partial charge < -0.3 is 4.74 Å². The third kappa shape index (κ3) is 6.72. The number of ketones is 1. The highest BCUT2D eigenvalue weighted by atomic mass is 16.5. The Morgan fingerprint density at radius 1 is 1.13 bits per heavy atom. The summed E-state index contributed by atoms with van der Waals surface area (Å²) < 4.78 is 4.94. The molecule has 0 aromatic heterocycles. The van der Waals surface area contributed by atoms with Crippen LogP contribution in [0, 0.1) is 5.92 Å². The fourth-order valence-electron chi connectivity index (χ4n) is 0.826. The van der Waals surface area contributed by atoms with Crippen LogP contribution in [-0.4, -0.2) is 12.9 Å². The molecule has 0 amide bonds. The van der Waals surface area contributed by atoms with Gasteiger partial charge in [-0.15, -0.1) is 0 Å². The molecule has 0 N–H and O–H groups in total. The van der Waals surface area contributed by atoms with E-state index in [0.29, 0.717) is 5.56 Å². The molecule has 0 bridgehead atoms. The number of rotatable bonds is 2. The Balaban J connectivity index is 0.000000423. The summed E-state index contributed by atoms with van der Waals surface area (Å²) in [7, 11) is 1.60. The van der Waals surface area contributed by atoms with E-state index in [4.69, 9.17) is 4.74 Å². The Hall–Kier alpha value is -1.31. The minimum Gasteiger partial charge on any atom is -0.497 e. The molecular formula is C13H20O2. The molecule has 1 aromatic carbocycles. The van der Waals surface area contributed by atoms with Crippen molar-refractivity contribution in [3.05, 3.63) is 29.8 Å². The lowest BCUT2D eigenvalue weighted by atomic mass is 10.1. The summed E-state index contributed by atoms with van der Waals surface area (Å²) in [6, 6.07) is 7.05. The first-order chi connectivity index (χ1) is 6.97. The zero-order chi connectivity index (χ0) is 11.8. The van der Waals surface area contributed by atoms with E-state index in [2.05, 4.69) is 20.8 Å². The first kappa shape index (κ1) is 13.7. The predicted molar refractivity (Wildman–Crippen MR) is 63.5 cm³/mol. The summed E-state index contributed by atoms with van der Waals surface area (Å²) in [6.07, 6.45) is 0. The number of hydrogen-bond donors (Lipinski definition) is 0. The first-order valence-corrected chi connectivity index (χ1v) is 5.12. The van der Waals surface area contributed by atoms with Gasteiger partial charge in [0.15, 0.2) is 5.78 Å². The summed E-state index contributed by atoms with van der Waals surface area (Å²) in [5, 5.41) is 0. The van der Waals surface area contributed by atoms with Crippen LogP contribution in [-0.2, 0) is 0 Å². The zero-order valence-electron chi connectivity index (χ0n) is 10.2. The molecule has 0 fully saturated rings. The third-order valence-electron chi connectivity index (χ3n) is 1.50. The maximum absolute atomic E-state index is 10.8. The first-order valence-electron chi connectivity index (χ1n) is 5.12. The largest absolute Gasteiger partial charge is 0.497 e. The maximum Gasteiger partial charge on any atom is 0.159 e. The van der Waals surface area contributed by atoms with Crippen LogP contribution in [0.25, 0.3) is 0 Å². The van der Waals surface area contributed by atoms with Crippen LogP contribution in [0.2, 0.25) is 0 Å². The van der Waals surface area contributed by atoms with Gasteiger partial charge in [0.1, 0.15) is 5.75 Å². The van der Waals surface area contributed by atoms with Gasteiger partial charge in [0, 0.05) is 5.56 Å². The smallest absolute Gasteiger partial charge is 0.159 e. The van der Waals surface area contributed by atoms with Gasteiger partial charge in [0.05, 0.1) is 7.11 Å². The highest BCUT2D eigenvalue weighted by Gasteiger charge is 1.97. The average Bonchev–Trinajstić information content (AvgIpc) is 2.17. The van der Waals surface area contributed by atoms with Crippen LogP contribution in [0.4, 0.5) is 0 Å². The Bertz CT molecular complexity index is 283. The van der Waals surface area contributed by atoms with Crippen LogP contribution >= 0.6 is 0 Å². The summed E-state index contributed by atoms with van der Waals surface area (Å²) in [4.78, 5) is 10.8. The number of methoxy groups -OCH3 is 1. The molecule has 0 atom stereocenters. The molecule has 0 saturated carbocycles. The second-order valence-corrected chi connectivity index (χ2v) is 4.02. The van der Waals surface area contributed by atoms with Gasteiger partial charge in [-0.3, -0.25) is 4.79 Å². The molecule has 0 aliphatic rings. The molecule has 0 radical (unpaired) electrons. The molecule has 0 aliphatic carbocycles. The molecule has 1 aromatic rings. The van der Waals surface area contributed by atoms with Crippen molar-refractivity contribution in [2.45, 2.75) is 27.7 Å². The van der Waals surface area contributed by atoms with Gasteiger partial charge >= 0.3 is 0 Å². The number of Topliss-reactive ketones (excluding diaryl/α,β-unsaturated/α-hetero) is 1. The van der Waals surface area contributed by atoms with Crippen molar-refractivity contribution in [2.75, 3.05) is 7.11 Å². The minimum atomic E-state index is 0.0765. The molecule has 0 aliphatic heterocycles. The SMILES string of the molecule is CC(C)C.COc1ccc(C(C)=O)cc1. The highest BCUT2D eigenvalue weighted by molar-refractivity contribution is 5.94. The van der Waals surface area contributed by atoms with Gasteiger partial charge in [-0.2, -0.15) is 0 Å². The average molecular weight is 208 g/mol. The number of carbonyl (C=O) groups is 1. The monoisotopic (exact) mass is 208 g/mol. The van der Waals surface area contributed by atoms with E-state index in [1.165, 1.54) is 0 Å². The van der Waals surface area contributed by atoms with Crippen molar-refractivity contribution in [2.24, 2.45) is 5.92 Å². The van der Waals surface area contributed by atoms with Gasteiger partial charge in [-0.1, -0.05) is 20.8 Å². The number of ether oxygens (including phenoxy) is 1. The molecule has 0 heterocycles. The van der Waals surface area contributed by atoms with Gasteiger partial charge in [0.2, 0.25) is 0 Å². The second-order valence-electron chi connectivity index (χ2n) is 4.02. The quantitative estimate of drug-likeness (QED) is 0.695. The van der Waals surface area contributed by atoms with Gasteiger partial charge in [-0.05, 0) is 37.1 Å². The molecular weight excluding hydrogens is 188 g/mol. The van der Waals surface area contributed by atoms with Crippen LogP contribution in [0.15, 0.2) is 24.3 Å². The Labute approximate surface area is 92.3 Å². The van der Waals surface area contributed by atoms with E-state index >= 15 is 0 Å². The third-order valence-corrected chi connectivity index (χ3v) is 1.50. The Morgan fingerprint density at radius 3 is 1.80 bits per heavy atom. The molecule has 1 rings (SSSR count). The minimum absolute atomic E-state index is 0.0765. The van der Waals surface area contributed by atoms with E-state index in [0.717, 1.165) is 11.7 Å². The topological polar surface area (TPSA) is 26.3 Å². The van der Waals surface area contributed by atoms with Crippen LogP contribution in [0.5, 0.6) is 5.75 Å². The van der Waals surface area contributed by atoms with Crippen molar-refractivity contribution < 1.29 is 9.53 Å². The van der Waals surface area contributed by atoms with Gasteiger partial charge in [0.25, 0.3) is 0 Å². The van der Waals surface area contributed by atoms with E-state index < -0.39 is 0 Å². The molecule has 15 heavy (non-hydrogen) atoms. The summed E-state index contributed by atoms with van der Waals surface area (Å²) >= 11 is 0. The Kier molecular flexibility index (Phi) is 6.43. The van der Waals surface area contributed by atoms with E-state index in [1.54, 1.807) is 38.3 Å². The number of carbonyl (C=O) groups excluding carboxylic acids is 1. The van der Waals surface area contributed by atoms with Crippen LogP contribution < -0.4 is 4.74 Å². The normalized spacial score (nSPS) is 9.20. The van der Waals surface area contributed by atoms with E-state index in [9.17, 15) is 4.79 Å². The lowest BCUT2D eigenvalue weighted by Crippen LogP contribution is -1.91. The molecule has 2 heteroatoms. The maximum atomic E-state index is 10.8. The van der Waals surface area contributed by atoms with E-state index in [-0.39, 0.29) is 5.78 Å². The van der Waals surface area contributed by atoms with Crippen molar-refractivity contribution in [3.63, 3.8) is 0 Å². The van der Waals surface area contributed by atoms with Gasteiger partial charge in [-0.25, -0.2) is 0 Å². The zero-order valence-corrected chi connectivity index (χ0v) is 10.2. The van der Waals surface area contributed by atoms with Crippen LogP contribution in [0.1, 0.15) is 38.1 Å². The lowest BCUT2D eigenvalue weighted by Gasteiger charge is -1.98. The number of benzene rings is 1. The molecule has 2 nitrogen and oxygen atoms in total. The lowest BCUT2D eigenvalue weighted by molar-refractivity contribution is 0.101. The summed E-state index contributed by atoms with van der Waals surface area (Å²) in [5.74, 6) is 1.68. The van der Waals surface area contributed by atoms with Crippen molar-refractivity contribution in [1.29, 1.82) is 0 Å². The summed E-state index contributed by atoms with van der Waals surface area (Å²) in [5.41, 5.74) is 0.714. The Morgan fingerprint density at radius 2 is 1.53 bits per heavy atom. The van der Waals surface area contributed by atoms with E-state index in [1.807, 2.05) is 0 Å². The molecule has 0 saturated heterocycles.